The first-order valence-electron chi connectivity index (χ1n) is 3.50. The number of aliphatic hydroxyl groups is 1. The van der Waals surface area contributed by atoms with E-state index in [1.54, 1.807) is 0 Å². The molecule has 5 heteroatoms. The van der Waals surface area contributed by atoms with Gasteiger partial charge < -0.3 is 14.3 Å². The molecule has 0 fully saturated rings. The number of carbonyl (C=O) groups excluding carboxylic acids is 1. The van der Waals surface area contributed by atoms with Gasteiger partial charge in [-0.3, -0.25) is 4.79 Å². The Labute approximate surface area is 73.6 Å². The van der Waals surface area contributed by atoms with Crippen molar-refractivity contribution < 1.29 is 19.1 Å². The van der Waals surface area contributed by atoms with E-state index in [4.69, 9.17) is 9.52 Å². The van der Waals surface area contributed by atoms with Crippen LogP contribution in [0.1, 0.15) is 16.3 Å². The fourth-order valence-corrected chi connectivity index (χ4v) is 0.809. The van der Waals surface area contributed by atoms with E-state index >= 15 is 0 Å². The molecule has 70 valence electrons. The molecule has 0 unspecified atom stereocenters. The predicted octanol–water partition coefficient (Wildman–Crippen LogP) is -0.0813. The van der Waals surface area contributed by atoms with E-state index in [1.807, 2.05) is 0 Å². The Morgan fingerprint density at radius 1 is 1.62 bits per heavy atom. The molecule has 0 spiro atoms. The molecule has 1 aromatic rings. The van der Waals surface area contributed by atoms with Gasteiger partial charge in [0.05, 0.1) is 7.11 Å². The molecule has 0 aliphatic carbocycles. The van der Waals surface area contributed by atoms with E-state index in [0.29, 0.717) is 0 Å². The summed E-state index contributed by atoms with van der Waals surface area (Å²) in [7, 11) is 1.17. The summed E-state index contributed by atoms with van der Waals surface area (Å²) in [5.41, 5.74) is -0.407. The van der Waals surface area contributed by atoms with Gasteiger partial charge in [-0.25, -0.2) is 4.79 Å². The summed E-state index contributed by atoms with van der Waals surface area (Å²) in [6.07, 6.45) is 0. The van der Waals surface area contributed by atoms with E-state index in [-0.39, 0.29) is 11.5 Å². The molecular weight excluding hydrogens is 176 g/mol. The van der Waals surface area contributed by atoms with Crippen LogP contribution in [0.5, 0.6) is 0 Å². The lowest BCUT2D eigenvalue weighted by Gasteiger charge is -1.99. The standard InChI is InChI=1S/C8H8O5/c1-12-8(11)7-3-5(10)2-6(4-9)13-7/h2-3,9H,4H2,1H3. The van der Waals surface area contributed by atoms with Crippen molar-refractivity contribution >= 4 is 5.97 Å². The van der Waals surface area contributed by atoms with E-state index < -0.39 is 18.0 Å². The molecule has 0 amide bonds. The molecule has 0 saturated heterocycles. The van der Waals surface area contributed by atoms with Gasteiger partial charge in [-0.05, 0) is 0 Å². The minimum Gasteiger partial charge on any atom is -0.463 e. The highest BCUT2D eigenvalue weighted by Gasteiger charge is 2.10. The average molecular weight is 184 g/mol. The first kappa shape index (κ1) is 9.47. The first-order valence-corrected chi connectivity index (χ1v) is 3.50. The van der Waals surface area contributed by atoms with Crippen molar-refractivity contribution in [3.63, 3.8) is 0 Å². The predicted molar refractivity (Wildman–Crippen MR) is 42.2 cm³/mol. The maximum absolute atomic E-state index is 10.9. The topological polar surface area (TPSA) is 76.7 Å². The maximum atomic E-state index is 10.9. The van der Waals surface area contributed by atoms with Gasteiger partial charge in [-0.1, -0.05) is 0 Å². The molecule has 0 aromatic carbocycles. The summed E-state index contributed by atoms with van der Waals surface area (Å²) in [5.74, 6) is -0.917. The van der Waals surface area contributed by atoms with Gasteiger partial charge in [0.15, 0.2) is 5.43 Å². The Morgan fingerprint density at radius 3 is 2.85 bits per heavy atom. The Bertz CT molecular complexity index is 365. The Balaban J connectivity index is 3.16. The minimum atomic E-state index is -0.743. The van der Waals surface area contributed by atoms with Gasteiger partial charge >= 0.3 is 5.97 Å². The number of hydrogen-bond donors (Lipinski definition) is 1. The lowest BCUT2D eigenvalue weighted by Crippen LogP contribution is -2.08. The smallest absolute Gasteiger partial charge is 0.374 e. The molecule has 0 aliphatic rings. The van der Waals surface area contributed by atoms with Crippen LogP contribution in [0.2, 0.25) is 0 Å². The highest BCUT2D eigenvalue weighted by molar-refractivity contribution is 5.85. The molecule has 0 bridgehead atoms. The van der Waals surface area contributed by atoms with E-state index in [2.05, 4.69) is 4.74 Å². The number of rotatable bonds is 2. The number of methoxy groups -OCH3 is 1. The highest BCUT2D eigenvalue weighted by atomic mass is 16.5. The second kappa shape index (κ2) is 3.86. The Hall–Kier alpha value is -1.62. The van der Waals surface area contributed by atoms with Crippen molar-refractivity contribution in [3.8, 4) is 0 Å². The van der Waals surface area contributed by atoms with Crippen molar-refractivity contribution in [2.75, 3.05) is 7.11 Å². The number of esters is 1. The van der Waals surface area contributed by atoms with Crippen LogP contribution in [-0.2, 0) is 11.3 Å². The third kappa shape index (κ3) is 2.16. The van der Waals surface area contributed by atoms with Crippen LogP contribution in [-0.4, -0.2) is 18.2 Å². The zero-order valence-electron chi connectivity index (χ0n) is 6.94. The van der Waals surface area contributed by atoms with E-state index in [0.717, 1.165) is 12.1 Å². The molecule has 0 aliphatic heterocycles. The van der Waals surface area contributed by atoms with Crippen LogP contribution < -0.4 is 5.43 Å². The third-order valence-electron chi connectivity index (χ3n) is 1.36. The van der Waals surface area contributed by atoms with Crippen molar-refractivity contribution in [3.05, 3.63) is 33.9 Å². The first-order chi connectivity index (χ1) is 6.17. The van der Waals surface area contributed by atoms with Gasteiger partial charge in [-0.2, -0.15) is 0 Å². The Morgan fingerprint density at radius 2 is 2.31 bits per heavy atom. The van der Waals surface area contributed by atoms with Gasteiger partial charge in [0.25, 0.3) is 0 Å². The fraction of sp³-hybridized carbons (Fsp3) is 0.250. The zero-order chi connectivity index (χ0) is 9.84. The SMILES string of the molecule is COC(=O)c1cc(=O)cc(CO)o1. The van der Waals surface area contributed by atoms with Gasteiger partial charge in [0.2, 0.25) is 5.76 Å². The monoisotopic (exact) mass is 184 g/mol. The normalized spacial score (nSPS) is 9.69. The molecule has 1 rings (SSSR count). The van der Waals surface area contributed by atoms with Crippen LogP contribution >= 0.6 is 0 Å². The molecule has 1 N–H and O–H groups in total. The third-order valence-corrected chi connectivity index (χ3v) is 1.36. The van der Waals surface area contributed by atoms with Gasteiger partial charge in [0, 0.05) is 12.1 Å². The van der Waals surface area contributed by atoms with Gasteiger partial charge in [0.1, 0.15) is 12.4 Å². The molecule has 0 atom stereocenters. The number of hydrogen-bond acceptors (Lipinski definition) is 5. The molecule has 1 aromatic heterocycles. The van der Waals surface area contributed by atoms with Crippen LogP contribution in [0.3, 0.4) is 0 Å². The molecule has 0 saturated carbocycles. The zero-order valence-corrected chi connectivity index (χ0v) is 6.94. The summed E-state index contributed by atoms with van der Waals surface area (Å²) in [4.78, 5) is 21.8. The lowest BCUT2D eigenvalue weighted by molar-refractivity contribution is 0.0556. The summed E-state index contributed by atoms with van der Waals surface area (Å²) < 4.78 is 9.17. The quantitative estimate of drug-likeness (QED) is 0.650. The average Bonchev–Trinajstić information content (AvgIpc) is 2.15. The second-order valence-electron chi connectivity index (χ2n) is 2.27. The number of ether oxygens (including phenoxy) is 1. The van der Waals surface area contributed by atoms with E-state index in [9.17, 15) is 9.59 Å². The van der Waals surface area contributed by atoms with Crippen molar-refractivity contribution in [1.29, 1.82) is 0 Å². The fourth-order valence-electron chi connectivity index (χ4n) is 0.809. The molecule has 1 heterocycles. The molecular formula is C8H8O5. The molecule has 13 heavy (non-hydrogen) atoms. The largest absolute Gasteiger partial charge is 0.463 e. The van der Waals surface area contributed by atoms with Crippen LogP contribution in [0.4, 0.5) is 0 Å². The van der Waals surface area contributed by atoms with Gasteiger partial charge in [-0.15, -0.1) is 0 Å². The van der Waals surface area contributed by atoms with Crippen molar-refractivity contribution in [1.82, 2.24) is 0 Å². The highest BCUT2D eigenvalue weighted by Crippen LogP contribution is 2.02. The molecule has 0 radical (unpaired) electrons. The summed E-state index contributed by atoms with van der Waals surface area (Å²) in [6.45, 7) is -0.430. The molecule has 5 nitrogen and oxygen atoms in total. The summed E-state index contributed by atoms with van der Waals surface area (Å²) in [6, 6.07) is 2.11. The number of carbonyl (C=O) groups is 1. The van der Waals surface area contributed by atoms with Crippen LogP contribution in [0.25, 0.3) is 0 Å². The minimum absolute atomic E-state index is 0.0351. The summed E-state index contributed by atoms with van der Waals surface area (Å²) >= 11 is 0. The number of aliphatic hydroxyl groups excluding tert-OH is 1. The summed E-state index contributed by atoms with van der Waals surface area (Å²) in [5, 5.41) is 8.66. The Kier molecular flexibility index (Phi) is 2.81. The van der Waals surface area contributed by atoms with Crippen molar-refractivity contribution in [2.45, 2.75) is 6.61 Å². The maximum Gasteiger partial charge on any atom is 0.374 e. The van der Waals surface area contributed by atoms with Crippen LogP contribution in [0.15, 0.2) is 21.3 Å². The van der Waals surface area contributed by atoms with Crippen molar-refractivity contribution in [2.24, 2.45) is 0 Å². The lowest BCUT2D eigenvalue weighted by atomic mass is 10.3. The second-order valence-corrected chi connectivity index (χ2v) is 2.27. The van der Waals surface area contributed by atoms with E-state index in [1.165, 1.54) is 7.11 Å². The van der Waals surface area contributed by atoms with Crippen LogP contribution in [0, 0.1) is 0 Å².